The topological polar surface area (TPSA) is 82.5 Å². The standard InChI is InChI=1S/C17H25N3O3S/c1-10(2)7-13-14(24-11(3)18-13)19-16(23)20-8-12-5-4-6-17(12,9-20)15(21)22/h10,12H,4-9H2,1-3H3,(H,19,23)(H,21,22)/t12-,17+/m0/s1. The molecule has 1 aromatic heterocycles. The van der Waals surface area contributed by atoms with Crippen molar-refractivity contribution in [2.75, 3.05) is 18.4 Å². The Balaban J connectivity index is 1.72. The van der Waals surface area contributed by atoms with E-state index in [1.807, 2.05) is 6.92 Å². The highest BCUT2D eigenvalue weighted by Gasteiger charge is 2.55. The number of carboxylic acid groups (broad SMARTS) is 1. The van der Waals surface area contributed by atoms with Crippen LogP contribution >= 0.6 is 11.3 Å². The first-order valence-corrected chi connectivity index (χ1v) is 9.39. The lowest BCUT2D eigenvalue weighted by Crippen LogP contribution is -2.38. The third kappa shape index (κ3) is 3.01. The van der Waals surface area contributed by atoms with Crippen molar-refractivity contribution in [3.05, 3.63) is 10.7 Å². The fraction of sp³-hybridized carbons (Fsp3) is 0.706. The van der Waals surface area contributed by atoms with E-state index in [4.69, 9.17) is 0 Å². The summed E-state index contributed by atoms with van der Waals surface area (Å²) in [5, 5.41) is 14.3. The van der Waals surface area contributed by atoms with Gasteiger partial charge < -0.3 is 10.0 Å². The van der Waals surface area contributed by atoms with Crippen molar-refractivity contribution >= 4 is 28.3 Å². The molecule has 0 radical (unpaired) electrons. The van der Waals surface area contributed by atoms with Crippen LogP contribution < -0.4 is 5.32 Å². The number of rotatable bonds is 4. The second-order valence-corrected chi connectivity index (χ2v) is 8.67. The molecule has 1 aromatic rings. The number of likely N-dealkylation sites (tertiary alicyclic amines) is 1. The van der Waals surface area contributed by atoms with Gasteiger partial charge in [0.05, 0.1) is 16.1 Å². The average Bonchev–Trinajstić information content (AvgIpc) is 3.11. The van der Waals surface area contributed by atoms with E-state index in [0.29, 0.717) is 25.4 Å². The van der Waals surface area contributed by atoms with E-state index >= 15 is 0 Å². The molecule has 1 aliphatic carbocycles. The number of amides is 2. The molecule has 2 atom stereocenters. The molecule has 6 nitrogen and oxygen atoms in total. The fourth-order valence-electron chi connectivity index (χ4n) is 4.06. The van der Waals surface area contributed by atoms with Gasteiger partial charge in [-0.1, -0.05) is 20.3 Å². The van der Waals surface area contributed by atoms with Gasteiger partial charge in [0.25, 0.3) is 0 Å². The summed E-state index contributed by atoms with van der Waals surface area (Å²) in [5.41, 5.74) is 0.190. The Kier molecular flexibility index (Phi) is 4.55. The Morgan fingerprint density at radius 2 is 2.25 bits per heavy atom. The molecule has 0 unspecified atom stereocenters. The molecular weight excluding hydrogens is 326 g/mol. The molecule has 2 fully saturated rings. The lowest BCUT2D eigenvalue weighted by atomic mass is 9.81. The third-order valence-corrected chi connectivity index (χ3v) is 6.14. The van der Waals surface area contributed by atoms with Crippen LogP contribution in [-0.4, -0.2) is 40.1 Å². The summed E-state index contributed by atoms with van der Waals surface area (Å²) in [7, 11) is 0. The first-order valence-electron chi connectivity index (χ1n) is 8.57. The van der Waals surface area contributed by atoms with Crippen molar-refractivity contribution in [2.45, 2.75) is 46.5 Å². The highest BCUT2D eigenvalue weighted by Crippen LogP contribution is 2.49. The number of anilines is 1. The van der Waals surface area contributed by atoms with Crippen LogP contribution in [-0.2, 0) is 11.2 Å². The number of hydrogen-bond acceptors (Lipinski definition) is 4. The molecule has 7 heteroatoms. The van der Waals surface area contributed by atoms with Crippen LogP contribution in [0, 0.1) is 24.2 Å². The van der Waals surface area contributed by atoms with Crippen LogP contribution in [0.1, 0.15) is 43.8 Å². The zero-order valence-electron chi connectivity index (χ0n) is 14.5. The van der Waals surface area contributed by atoms with Crippen molar-refractivity contribution < 1.29 is 14.7 Å². The number of aromatic nitrogens is 1. The smallest absolute Gasteiger partial charge is 0.322 e. The molecule has 0 aromatic carbocycles. The Bertz CT molecular complexity index is 658. The molecule has 1 aliphatic heterocycles. The first kappa shape index (κ1) is 17.2. The number of urea groups is 1. The highest BCUT2D eigenvalue weighted by molar-refractivity contribution is 7.16. The molecule has 24 heavy (non-hydrogen) atoms. The van der Waals surface area contributed by atoms with Gasteiger partial charge in [0.15, 0.2) is 0 Å². The predicted molar refractivity (Wildman–Crippen MR) is 93.4 cm³/mol. The summed E-state index contributed by atoms with van der Waals surface area (Å²) in [6.45, 7) is 7.03. The lowest BCUT2D eigenvalue weighted by Gasteiger charge is -2.23. The summed E-state index contributed by atoms with van der Waals surface area (Å²) in [6.07, 6.45) is 3.34. The summed E-state index contributed by atoms with van der Waals surface area (Å²) in [5.74, 6) is -0.211. The molecular formula is C17H25N3O3S. The highest BCUT2D eigenvalue weighted by atomic mass is 32.1. The second kappa shape index (κ2) is 6.35. The minimum atomic E-state index is -0.755. The molecule has 1 saturated heterocycles. The summed E-state index contributed by atoms with van der Waals surface area (Å²) in [4.78, 5) is 30.6. The zero-order chi connectivity index (χ0) is 17.5. The number of aliphatic carboxylic acids is 1. The van der Waals surface area contributed by atoms with Gasteiger partial charge >= 0.3 is 12.0 Å². The predicted octanol–water partition coefficient (Wildman–Crippen LogP) is 3.37. The number of nitrogens with one attached hydrogen (secondary N) is 1. The molecule has 132 valence electrons. The van der Waals surface area contributed by atoms with Crippen LogP contribution in [0.15, 0.2) is 0 Å². The van der Waals surface area contributed by atoms with Crippen LogP contribution in [0.2, 0.25) is 0 Å². The maximum absolute atomic E-state index is 12.7. The maximum atomic E-state index is 12.7. The SMILES string of the molecule is Cc1nc(CC(C)C)c(NC(=O)N2C[C@@H]3CCC[C@@]3(C(=O)O)C2)s1. The van der Waals surface area contributed by atoms with Gasteiger partial charge in [-0.05, 0) is 38.0 Å². The van der Waals surface area contributed by atoms with E-state index in [-0.39, 0.29) is 11.9 Å². The van der Waals surface area contributed by atoms with E-state index in [0.717, 1.165) is 35.0 Å². The molecule has 1 saturated carbocycles. The maximum Gasteiger partial charge on any atom is 0.322 e. The molecule has 0 spiro atoms. The van der Waals surface area contributed by atoms with Gasteiger partial charge in [-0.3, -0.25) is 10.1 Å². The fourth-order valence-corrected chi connectivity index (χ4v) is 4.90. The normalized spacial score (nSPS) is 26.0. The van der Waals surface area contributed by atoms with Crippen molar-refractivity contribution in [3.8, 4) is 0 Å². The van der Waals surface area contributed by atoms with Gasteiger partial charge in [0, 0.05) is 13.1 Å². The average molecular weight is 351 g/mol. The molecule has 2 N–H and O–H groups in total. The van der Waals surface area contributed by atoms with Crippen molar-refractivity contribution in [1.82, 2.24) is 9.88 Å². The number of carbonyl (C=O) groups excluding carboxylic acids is 1. The number of aryl methyl sites for hydroxylation is 1. The van der Waals surface area contributed by atoms with Crippen LogP contribution in [0.25, 0.3) is 0 Å². The van der Waals surface area contributed by atoms with Gasteiger partial charge in [-0.15, -0.1) is 11.3 Å². The summed E-state index contributed by atoms with van der Waals surface area (Å²) in [6, 6.07) is -0.196. The number of nitrogens with zero attached hydrogens (tertiary/aromatic N) is 2. The van der Waals surface area contributed by atoms with Crippen molar-refractivity contribution in [3.63, 3.8) is 0 Å². The number of fused-ring (bicyclic) bond motifs is 1. The monoisotopic (exact) mass is 351 g/mol. The largest absolute Gasteiger partial charge is 0.481 e. The number of thiazole rings is 1. The Hall–Kier alpha value is -1.63. The second-order valence-electron chi connectivity index (χ2n) is 7.47. The molecule has 2 heterocycles. The minimum Gasteiger partial charge on any atom is -0.481 e. The van der Waals surface area contributed by atoms with E-state index in [1.165, 1.54) is 11.3 Å². The van der Waals surface area contributed by atoms with Crippen LogP contribution in [0.4, 0.5) is 9.80 Å². The Morgan fingerprint density at radius 3 is 2.88 bits per heavy atom. The number of hydrogen-bond donors (Lipinski definition) is 2. The number of carbonyl (C=O) groups is 2. The lowest BCUT2D eigenvalue weighted by molar-refractivity contribution is -0.149. The summed E-state index contributed by atoms with van der Waals surface area (Å²) >= 11 is 1.48. The van der Waals surface area contributed by atoms with Gasteiger partial charge in [-0.25, -0.2) is 9.78 Å². The van der Waals surface area contributed by atoms with E-state index in [2.05, 4.69) is 24.1 Å². The number of carboxylic acids is 1. The Morgan fingerprint density at radius 1 is 1.50 bits per heavy atom. The van der Waals surface area contributed by atoms with Crippen molar-refractivity contribution in [1.29, 1.82) is 0 Å². The van der Waals surface area contributed by atoms with E-state index < -0.39 is 11.4 Å². The van der Waals surface area contributed by atoms with E-state index in [9.17, 15) is 14.7 Å². The molecule has 3 rings (SSSR count). The molecule has 0 bridgehead atoms. The molecule has 2 aliphatic rings. The summed E-state index contributed by atoms with van der Waals surface area (Å²) < 4.78 is 0. The quantitative estimate of drug-likeness (QED) is 0.871. The van der Waals surface area contributed by atoms with Gasteiger partial charge in [0.1, 0.15) is 5.00 Å². The minimum absolute atomic E-state index is 0.0825. The van der Waals surface area contributed by atoms with Gasteiger partial charge in [0.2, 0.25) is 0 Å². The Labute approximate surface area is 146 Å². The third-order valence-electron chi connectivity index (χ3n) is 5.21. The van der Waals surface area contributed by atoms with Crippen LogP contribution in [0.5, 0.6) is 0 Å². The van der Waals surface area contributed by atoms with E-state index in [1.54, 1.807) is 4.90 Å². The van der Waals surface area contributed by atoms with Crippen LogP contribution in [0.3, 0.4) is 0 Å². The van der Waals surface area contributed by atoms with Crippen molar-refractivity contribution in [2.24, 2.45) is 17.3 Å². The first-order chi connectivity index (χ1) is 11.3. The zero-order valence-corrected chi connectivity index (χ0v) is 15.3. The van der Waals surface area contributed by atoms with Gasteiger partial charge in [-0.2, -0.15) is 0 Å². The molecule has 2 amide bonds.